The second-order valence-corrected chi connectivity index (χ2v) is 4.30. The van der Waals surface area contributed by atoms with Gasteiger partial charge in [0.1, 0.15) is 12.4 Å². The molecule has 0 unspecified atom stereocenters. The molecular weight excluding hydrogens is 220 g/mol. The molecule has 1 aromatic heterocycles. The number of hydrogen-bond donors (Lipinski definition) is 1. The highest BCUT2D eigenvalue weighted by Gasteiger charge is 1.98. The molecule has 16 heavy (non-hydrogen) atoms. The predicted octanol–water partition coefficient (Wildman–Crippen LogP) is 2.71. The van der Waals surface area contributed by atoms with Crippen molar-refractivity contribution in [1.82, 2.24) is 0 Å². The van der Waals surface area contributed by atoms with Gasteiger partial charge in [-0.25, -0.2) is 0 Å². The Morgan fingerprint density at radius 1 is 1.06 bits per heavy atom. The summed E-state index contributed by atoms with van der Waals surface area (Å²) in [6, 6.07) is 10.1. The van der Waals surface area contributed by atoms with Gasteiger partial charge >= 0.3 is 0 Å². The lowest BCUT2D eigenvalue weighted by Gasteiger charge is -2.05. The molecule has 0 spiro atoms. The van der Waals surface area contributed by atoms with Crippen molar-refractivity contribution in [3.8, 4) is 5.75 Å². The molecule has 0 aliphatic heterocycles. The van der Waals surface area contributed by atoms with Gasteiger partial charge in [0.15, 0.2) is 0 Å². The summed E-state index contributed by atoms with van der Waals surface area (Å²) in [5.41, 5.74) is 2.61. The minimum absolute atomic E-state index is 0.0522. The SMILES string of the molecule is OCCOc1ccc(Cc2ccsc2)cc1. The van der Waals surface area contributed by atoms with Gasteiger partial charge in [0.2, 0.25) is 0 Å². The number of benzene rings is 1. The van der Waals surface area contributed by atoms with Gasteiger partial charge in [0.05, 0.1) is 6.61 Å². The quantitative estimate of drug-likeness (QED) is 0.862. The summed E-state index contributed by atoms with van der Waals surface area (Å²) >= 11 is 1.72. The van der Waals surface area contributed by atoms with Gasteiger partial charge in [-0.1, -0.05) is 12.1 Å². The van der Waals surface area contributed by atoms with Crippen molar-refractivity contribution in [2.75, 3.05) is 13.2 Å². The molecule has 0 amide bonds. The summed E-state index contributed by atoms with van der Waals surface area (Å²) in [6.07, 6.45) is 0.962. The summed E-state index contributed by atoms with van der Waals surface area (Å²) in [5, 5.41) is 12.9. The van der Waals surface area contributed by atoms with Crippen LogP contribution in [-0.4, -0.2) is 18.3 Å². The lowest BCUT2D eigenvalue weighted by Crippen LogP contribution is -2.01. The van der Waals surface area contributed by atoms with Crippen LogP contribution < -0.4 is 4.74 Å². The van der Waals surface area contributed by atoms with Crippen molar-refractivity contribution in [2.24, 2.45) is 0 Å². The summed E-state index contributed by atoms with van der Waals surface area (Å²) in [6.45, 7) is 0.403. The average molecular weight is 234 g/mol. The van der Waals surface area contributed by atoms with Crippen LogP contribution in [0.1, 0.15) is 11.1 Å². The lowest BCUT2D eigenvalue weighted by atomic mass is 10.1. The van der Waals surface area contributed by atoms with Gasteiger partial charge in [0.25, 0.3) is 0 Å². The fraction of sp³-hybridized carbons (Fsp3) is 0.231. The minimum atomic E-state index is 0.0522. The lowest BCUT2D eigenvalue weighted by molar-refractivity contribution is 0.201. The fourth-order valence-electron chi connectivity index (χ4n) is 1.50. The molecule has 0 radical (unpaired) electrons. The van der Waals surface area contributed by atoms with E-state index >= 15 is 0 Å². The van der Waals surface area contributed by atoms with Crippen LogP contribution in [0.25, 0.3) is 0 Å². The molecule has 0 bridgehead atoms. The summed E-state index contributed by atoms with van der Waals surface area (Å²) in [4.78, 5) is 0. The smallest absolute Gasteiger partial charge is 0.119 e. The van der Waals surface area contributed by atoms with Crippen LogP contribution in [0.5, 0.6) is 5.75 Å². The molecule has 0 aliphatic carbocycles. The molecule has 3 heteroatoms. The zero-order valence-electron chi connectivity index (χ0n) is 8.93. The maximum Gasteiger partial charge on any atom is 0.119 e. The van der Waals surface area contributed by atoms with Crippen LogP contribution in [0.4, 0.5) is 0 Å². The van der Waals surface area contributed by atoms with Gasteiger partial charge in [-0.05, 0) is 46.5 Å². The monoisotopic (exact) mass is 234 g/mol. The van der Waals surface area contributed by atoms with Crippen molar-refractivity contribution < 1.29 is 9.84 Å². The highest BCUT2D eigenvalue weighted by molar-refractivity contribution is 7.07. The molecule has 84 valence electrons. The van der Waals surface area contributed by atoms with E-state index in [9.17, 15) is 0 Å². The van der Waals surface area contributed by atoms with E-state index in [1.807, 2.05) is 12.1 Å². The Bertz CT molecular complexity index is 406. The van der Waals surface area contributed by atoms with Crippen LogP contribution >= 0.6 is 11.3 Å². The molecule has 0 saturated carbocycles. The van der Waals surface area contributed by atoms with Crippen LogP contribution in [-0.2, 0) is 6.42 Å². The van der Waals surface area contributed by atoms with Crippen molar-refractivity contribution in [3.63, 3.8) is 0 Å². The van der Waals surface area contributed by atoms with Crippen molar-refractivity contribution in [2.45, 2.75) is 6.42 Å². The number of aliphatic hydroxyl groups excluding tert-OH is 1. The van der Waals surface area contributed by atoms with E-state index in [4.69, 9.17) is 9.84 Å². The average Bonchev–Trinajstić information content (AvgIpc) is 2.81. The molecule has 0 fully saturated rings. The summed E-state index contributed by atoms with van der Waals surface area (Å²) in [5.74, 6) is 0.808. The molecule has 0 aliphatic rings. The zero-order chi connectivity index (χ0) is 11.2. The Kier molecular flexibility index (Phi) is 3.97. The second kappa shape index (κ2) is 5.68. The van der Waals surface area contributed by atoms with Gasteiger partial charge in [-0.2, -0.15) is 11.3 Å². The number of rotatable bonds is 5. The first-order valence-electron chi connectivity index (χ1n) is 5.22. The summed E-state index contributed by atoms with van der Waals surface area (Å²) in [7, 11) is 0. The van der Waals surface area contributed by atoms with E-state index in [-0.39, 0.29) is 6.61 Å². The molecule has 1 heterocycles. The molecule has 1 aromatic carbocycles. The first-order valence-corrected chi connectivity index (χ1v) is 6.16. The van der Waals surface area contributed by atoms with Gasteiger partial charge in [-0.3, -0.25) is 0 Å². The second-order valence-electron chi connectivity index (χ2n) is 3.52. The number of thiophene rings is 1. The van der Waals surface area contributed by atoms with Crippen molar-refractivity contribution >= 4 is 11.3 Å². The highest BCUT2D eigenvalue weighted by Crippen LogP contribution is 2.16. The molecule has 1 N–H and O–H groups in total. The Morgan fingerprint density at radius 2 is 1.88 bits per heavy atom. The Balaban J connectivity index is 1.96. The molecule has 0 saturated heterocycles. The predicted molar refractivity (Wildman–Crippen MR) is 66.1 cm³/mol. The summed E-state index contributed by atoms with van der Waals surface area (Å²) < 4.78 is 5.30. The maximum absolute atomic E-state index is 8.63. The third kappa shape index (κ3) is 3.08. The molecule has 2 nitrogen and oxygen atoms in total. The standard InChI is InChI=1S/C13H14O2S/c14-6-7-15-13-3-1-11(2-4-13)9-12-5-8-16-10-12/h1-5,8,10,14H,6-7,9H2. The van der Waals surface area contributed by atoms with Crippen molar-refractivity contribution in [1.29, 1.82) is 0 Å². The third-order valence-electron chi connectivity index (χ3n) is 2.27. The number of hydrogen-bond acceptors (Lipinski definition) is 3. The molecule has 2 aromatic rings. The van der Waals surface area contributed by atoms with E-state index < -0.39 is 0 Å². The van der Waals surface area contributed by atoms with Crippen LogP contribution in [0.2, 0.25) is 0 Å². The van der Waals surface area contributed by atoms with Gasteiger partial charge in [-0.15, -0.1) is 0 Å². The van der Waals surface area contributed by atoms with Gasteiger partial charge in [0, 0.05) is 0 Å². The molecule has 2 rings (SSSR count). The van der Waals surface area contributed by atoms with Crippen LogP contribution in [0.15, 0.2) is 41.1 Å². The molecule has 0 atom stereocenters. The van der Waals surface area contributed by atoms with Crippen LogP contribution in [0, 0.1) is 0 Å². The third-order valence-corrected chi connectivity index (χ3v) is 3.00. The Morgan fingerprint density at radius 3 is 2.50 bits per heavy atom. The van der Waals surface area contributed by atoms with E-state index in [1.165, 1.54) is 11.1 Å². The Labute approximate surface area is 99.1 Å². The normalized spacial score (nSPS) is 10.3. The fourth-order valence-corrected chi connectivity index (χ4v) is 2.16. The van der Waals surface area contributed by atoms with Crippen LogP contribution in [0.3, 0.4) is 0 Å². The van der Waals surface area contributed by atoms with E-state index in [1.54, 1.807) is 11.3 Å². The highest BCUT2D eigenvalue weighted by atomic mass is 32.1. The molecular formula is C13H14O2S. The zero-order valence-corrected chi connectivity index (χ0v) is 9.74. The number of ether oxygens (including phenoxy) is 1. The van der Waals surface area contributed by atoms with Gasteiger partial charge < -0.3 is 9.84 Å². The largest absolute Gasteiger partial charge is 0.491 e. The Hall–Kier alpha value is -1.32. The van der Waals surface area contributed by atoms with E-state index in [2.05, 4.69) is 29.0 Å². The van der Waals surface area contributed by atoms with Crippen molar-refractivity contribution in [3.05, 3.63) is 52.2 Å². The minimum Gasteiger partial charge on any atom is -0.491 e. The number of aliphatic hydroxyl groups is 1. The maximum atomic E-state index is 8.63. The topological polar surface area (TPSA) is 29.5 Å². The van der Waals surface area contributed by atoms with E-state index in [0.717, 1.165) is 12.2 Å². The van der Waals surface area contributed by atoms with E-state index in [0.29, 0.717) is 6.61 Å². The first-order chi connectivity index (χ1) is 7.88. The first kappa shape index (κ1) is 11.2.